The van der Waals surface area contributed by atoms with Crippen molar-refractivity contribution in [3.63, 3.8) is 0 Å². The van der Waals surface area contributed by atoms with Gasteiger partial charge in [0.25, 0.3) is 0 Å². The van der Waals surface area contributed by atoms with Crippen molar-refractivity contribution in [2.75, 3.05) is 11.9 Å². The molecule has 0 heterocycles. The van der Waals surface area contributed by atoms with E-state index in [0.717, 1.165) is 0 Å². The number of hydrogen-bond acceptors (Lipinski definition) is 2. The third-order valence-electron chi connectivity index (χ3n) is 2.00. The maximum Gasteiger partial charge on any atom is 0.405 e. The molecule has 0 radical (unpaired) electrons. The highest BCUT2D eigenvalue weighted by Gasteiger charge is 2.27. The second-order valence-electron chi connectivity index (χ2n) is 3.52. The maximum absolute atomic E-state index is 11.9. The Labute approximate surface area is 101 Å². The van der Waals surface area contributed by atoms with Gasteiger partial charge in [-0.15, -0.1) is 0 Å². The number of benzene rings is 1. The highest BCUT2D eigenvalue weighted by Crippen LogP contribution is 2.16. The van der Waals surface area contributed by atoms with Crippen LogP contribution in [0.1, 0.15) is 17.3 Å². The molecule has 0 fully saturated rings. The highest BCUT2D eigenvalue weighted by atomic mass is 19.4. The van der Waals surface area contributed by atoms with E-state index in [0.29, 0.717) is 0 Å². The minimum atomic E-state index is -4.47. The van der Waals surface area contributed by atoms with Crippen molar-refractivity contribution in [2.45, 2.75) is 13.1 Å². The van der Waals surface area contributed by atoms with Gasteiger partial charge in [-0.05, 0) is 19.1 Å². The maximum atomic E-state index is 11.9. The van der Waals surface area contributed by atoms with Gasteiger partial charge in [-0.25, -0.2) is 4.79 Å². The summed E-state index contributed by atoms with van der Waals surface area (Å²) in [5.41, 5.74) is 0.407. The van der Waals surface area contributed by atoms with Crippen molar-refractivity contribution < 1.29 is 22.8 Å². The molecular weight excluding hydrogens is 249 g/mol. The molecule has 2 N–H and O–H groups in total. The Morgan fingerprint density at radius 2 is 1.83 bits per heavy atom. The normalized spacial score (nSPS) is 10.9. The molecule has 0 bridgehead atoms. The molecule has 2 amide bonds. The molecule has 0 aliphatic heterocycles. The number of halogens is 3. The van der Waals surface area contributed by atoms with Gasteiger partial charge in [0.2, 0.25) is 0 Å². The number of anilines is 1. The van der Waals surface area contributed by atoms with Crippen molar-refractivity contribution in [1.82, 2.24) is 5.32 Å². The summed E-state index contributed by atoms with van der Waals surface area (Å²) in [7, 11) is 0. The summed E-state index contributed by atoms with van der Waals surface area (Å²) in [4.78, 5) is 22.4. The average Bonchev–Trinajstić information content (AvgIpc) is 2.26. The van der Waals surface area contributed by atoms with Gasteiger partial charge in [-0.2, -0.15) is 13.2 Å². The molecule has 0 unspecified atom stereocenters. The fourth-order valence-electron chi connectivity index (χ4n) is 1.25. The molecule has 0 saturated heterocycles. The largest absolute Gasteiger partial charge is 0.405 e. The summed E-state index contributed by atoms with van der Waals surface area (Å²) >= 11 is 0. The van der Waals surface area contributed by atoms with Crippen LogP contribution in [-0.2, 0) is 0 Å². The number of carbonyl (C=O) groups excluding carboxylic acids is 2. The minimum absolute atomic E-state index is 0.171. The average molecular weight is 260 g/mol. The lowest BCUT2D eigenvalue weighted by atomic mass is 10.1. The predicted molar refractivity (Wildman–Crippen MR) is 59.5 cm³/mol. The monoisotopic (exact) mass is 260 g/mol. The zero-order valence-electron chi connectivity index (χ0n) is 9.47. The predicted octanol–water partition coefficient (Wildman–Crippen LogP) is 2.57. The van der Waals surface area contributed by atoms with E-state index in [9.17, 15) is 22.8 Å². The van der Waals surface area contributed by atoms with E-state index < -0.39 is 18.8 Å². The molecule has 18 heavy (non-hydrogen) atoms. The molecule has 0 atom stereocenters. The molecule has 0 aliphatic rings. The van der Waals surface area contributed by atoms with Gasteiger partial charge in [0.15, 0.2) is 5.78 Å². The van der Waals surface area contributed by atoms with Gasteiger partial charge in [0.1, 0.15) is 6.54 Å². The van der Waals surface area contributed by atoms with E-state index in [1.54, 1.807) is 17.4 Å². The lowest BCUT2D eigenvalue weighted by Crippen LogP contribution is -2.36. The van der Waals surface area contributed by atoms with Crippen LogP contribution in [-0.4, -0.2) is 24.5 Å². The Balaban J connectivity index is 2.68. The first-order chi connectivity index (χ1) is 8.29. The van der Waals surface area contributed by atoms with Gasteiger partial charge < -0.3 is 10.6 Å². The number of rotatable bonds is 3. The first-order valence-electron chi connectivity index (χ1n) is 5.01. The molecule has 7 heteroatoms. The first-order valence-corrected chi connectivity index (χ1v) is 5.01. The Morgan fingerprint density at radius 3 is 2.39 bits per heavy atom. The van der Waals surface area contributed by atoms with Crippen LogP contribution in [0.3, 0.4) is 0 Å². The lowest BCUT2D eigenvalue weighted by Gasteiger charge is -2.11. The van der Waals surface area contributed by atoms with Crippen LogP contribution in [0.2, 0.25) is 0 Å². The van der Waals surface area contributed by atoms with E-state index >= 15 is 0 Å². The van der Waals surface area contributed by atoms with Gasteiger partial charge in [0.05, 0.1) is 5.69 Å². The van der Waals surface area contributed by atoms with Crippen LogP contribution in [0.25, 0.3) is 0 Å². The number of para-hydroxylation sites is 1. The van der Waals surface area contributed by atoms with E-state index in [2.05, 4.69) is 5.32 Å². The van der Waals surface area contributed by atoms with Crippen LogP contribution in [0, 0.1) is 0 Å². The second kappa shape index (κ2) is 5.52. The van der Waals surface area contributed by atoms with Crippen molar-refractivity contribution in [3.05, 3.63) is 29.8 Å². The summed E-state index contributed by atoms with van der Waals surface area (Å²) in [6.45, 7) is -0.130. The number of Topliss-reactive ketones (excluding diaryl/α,β-unsaturated/α-hetero) is 1. The topological polar surface area (TPSA) is 58.2 Å². The number of ketones is 1. The smallest absolute Gasteiger partial charge is 0.329 e. The summed E-state index contributed by atoms with van der Waals surface area (Å²) in [6.07, 6.45) is -4.47. The molecule has 0 saturated carbocycles. The number of alkyl halides is 3. The third kappa shape index (κ3) is 4.44. The molecule has 1 rings (SSSR count). The fourth-order valence-corrected chi connectivity index (χ4v) is 1.25. The summed E-state index contributed by atoms with van der Waals surface area (Å²) in [5.74, 6) is -0.290. The number of nitrogens with one attached hydrogen (secondary N) is 2. The number of urea groups is 1. The molecule has 0 aliphatic carbocycles. The van der Waals surface area contributed by atoms with Crippen LogP contribution in [0.4, 0.5) is 23.7 Å². The molecule has 0 aromatic heterocycles. The Bertz CT molecular complexity index is 458. The van der Waals surface area contributed by atoms with Gasteiger partial charge in [0, 0.05) is 5.56 Å². The van der Waals surface area contributed by atoms with Crippen LogP contribution in [0.5, 0.6) is 0 Å². The van der Waals surface area contributed by atoms with Gasteiger partial charge >= 0.3 is 12.2 Å². The van der Waals surface area contributed by atoms with Crippen molar-refractivity contribution in [1.29, 1.82) is 0 Å². The second-order valence-corrected chi connectivity index (χ2v) is 3.52. The van der Waals surface area contributed by atoms with Gasteiger partial charge in [-0.3, -0.25) is 4.79 Å². The summed E-state index contributed by atoms with van der Waals surface area (Å²) in [6, 6.07) is 5.05. The fraction of sp³-hybridized carbons (Fsp3) is 0.273. The molecule has 1 aromatic rings. The van der Waals surface area contributed by atoms with E-state index in [4.69, 9.17) is 0 Å². The molecule has 98 valence electrons. The third-order valence-corrected chi connectivity index (χ3v) is 2.00. The quantitative estimate of drug-likeness (QED) is 0.820. The standard InChI is InChI=1S/C11H11F3N2O2/c1-7(17)8-4-2-3-5-9(8)16-10(18)15-6-11(12,13)14/h2-5H,6H2,1H3,(H2,15,16,18). The SMILES string of the molecule is CC(=O)c1ccccc1NC(=O)NCC(F)(F)F. The van der Waals surface area contributed by atoms with Crippen molar-refractivity contribution in [2.24, 2.45) is 0 Å². The number of amides is 2. The lowest BCUT2D eigenvalue weighted by molar-refractivity contribution is -0.122. The summed E-state index contributed by atoms with van der Waals surface area (Å²) in [5, 5.41) is 3.84. The van der Waals surface area contributed by atoms with E-state index in [1.165, 1.54) is 19.1 Å². The molecule has 1 aromatic carbocycles. The molecule has 0 spiro atoms. The van der Waals surface area contributed by atoms with Crippen LogP contribution in [0.15, 0.2) is 24.3 Å². The zero-order chi connectivity index (χ0) is 13.8. The molecule has 4 nitrogen and oxygen atoms in total. The van der Waals surface area contributed by atoms with Crippen LogP contribution >= 0.6 is 0 Å². The van der Waals surface area contributed by atoms with Crippen molar-refractivity contribution >= 4 is 17.5 Å². The Morgan fingerprint density at radius 1 is 1.22 bits per heavy atom. The molecular formula is C11H11F3N2O2. The Hall–Kier alpha value is -2.05. The highest BCUT2D eigenvalue weighted by molar-refractivity contribution is 6.03. The van der Waals surface area contributed by atoms with E-state index in [1.807, 2.05) is 0 Å². The number of carbonyl (C=O) groups is 2. The minimum Gasteiger partial charge on any atom is -0.329 e. The van der Waals surface area contributed by atoms with Crippen LogP contribution < -0.4 is 10.6 Å². The summed E-state index contributed by atoms with van der Waals surface area (Å²) < 4.78 is 35.6. The Kier molecular flexibility index (Phi) is 4.30. The first kappa shape index (κ1) is 14.0. The van der Waals surface area contributed by atoms with Gasteiger partial charge in [-0.1, -0.05) is 12.1 Å². The number of hydrogen-bond donors (Lipinski definition) is 2. The van der Waals surface area contributed by atoms with Crippen molar-refractivity contribution in [3.8, 4) is 0 Å². The van der Waals surface area contributed by atoms with E-state index in [-0.39, 0.29) is 17.0 Å². The zero-order valence-corrected chi connectivity index (χ0v) is 9.47.